The van der Waals surface area contributed by atoms with Crippen LogP contribution >= 0.6 is 0 Å². The maximum absolute atomic E-state index is 12.6. The molecule has 3 rings (SSSR count). The molecule has 1 aromatic heterocycles. The molecule has 1 N–H and O–H groups in total. The number of furan rings is 1. The molecule has 0 radical (unpaired) electrons. The molecule has 5 heteroatoms. The zero-order chi connectivity index (χ0) is 17.1. The number of hydrogen-bond donors (Lipinski definition) is 1. The van der Waals surface area contributed by atoms with Gasteiger partial charge < -0.3 is 14.6 Å². The van der Waals surface area contributed by atoms with E-state index in [0.29, 0.717) is 37.3 Å². The molecule has 5 nitrogen and oxygen atoms in total. The molecule has 1 fully saturated rings. The number of aryl methyl sites for hydroxylation is 2. The van der Waals surface area contributed by atoms with Crippen molar-refractivity contribution in [3.05, 3.63) is 53.5 Å². The van der Waals surface area contributed by atoms with Crippen molar-refractivity contribution in [1.29, 1.82) is 0 Å². The number of piperidine rings is 1. The zero-order valence-electron chi connectivity index (χ0n) is 14.0. The Labute approximate surface area is 141 Å². The van der Waals surface area contributed by atoms with Crippen molar-refractivity contribution in [2.45, 2.75) is 26.7 Å². The van der Waals surface area contributed by atoms with Crippen LogP contribution in [0.2, 0.25) is 0 Å². The van der Waals surface area contributed by atoms with Crippen LogP contribution in [0, 0.1) is 19.8 Å². The van der Waals surface area contributed by atoms with Gasteiger partial charge in [-0.1, -0.05) is 18.2 Å². The van der Waals surface area contributed by atoms with Gasteiger partial charge in [-0.2, -0.15) is 0 Å². The van der Waals surface area contributed by atoms with Gasteiger partial charge in [-0.15, -0.1) is 0 Å². The first-order valence-corrected chi connectivity index (χ1v) is 8.27. The van der Waals surface area contributed by atoms with E-state index in [0.717, 1.165) is 11.4 Å². The summed E-state index contributed by atoms with van der Waals surface area (Å²) in [6.45, 7) is 4.83. The lowest BCUT2D eigenvalue weighted by Crippen LogP contribution is -2.41. The Bertz CT molecular complexity index is 728. The van der Waals surface area contributed by atoms with Crippen molar-refractivity contribution in [1.82, 2.24) is 4.90 Å². The van der Waals surface area contributed by atoms with Crippen LogP contribution in [-0.4, -0.2) is 29.8 Å². The number of nitrogens with one attached hydrogen (secondary N) is 1. The maximum atomic E-state index is 12.6. The summed E-state index contributed by atoms with van der Waals surface area (Å²) in [5, 5.41) is 2.94. The van der Waals surface area contributed by atoms with Gasteiger partial charge in [0.15, 0.2) is 0 Å². The van der Waals surface area contributed by atoms with Crippen LogP contribution < -0.4 is 5.32 Å². The molecule has 1 aromatic carbocycles. The third-order valence-electron chi connectivity index (χ3n) is 4.47. The standard InChI is InChI=1S/C19H22N2O3/c1-13-12-17(14(2)24-13)19(23)21-10-8-15(9-11-21)18(22)20-16-6-4-3-5-7-16/h3-7,12,15H,8-11H2,1-2H3,(H,20,22). The lowest BCUT2D eigenvalue weighted by molar-refractivity contribution is -0.121. The Balaban J connectivity index is 1.56. The van der Waals surface area contributed by atoms with Gasteiger partial charge in [-0.05, 0) is 44.9 Å². The van der Waals surface area contributed by atoms with Crippen LogP contribution in [0.25, 0.3) is 0 Å². The quantitative estimate of drug-likeness (QED) is 0.940. The maximum Gasteiger partial charge on any atom is 0.257 e. The average molecular weight is 326 g/mol. The van der Waals surface area contributed by atoms with Crippen molar-refractivity contribution < 1.29 is 14.0 Å². The van der Waals surface area contributed by atoms with E-state index in [4.69, 9.17) is 4.42 Å². The monoisotopic (exact) mass is 326 g/mol. The minimum absolute atomic E-state index is 0.00809. The van der Waals surface area contributed by atoms with Gasteiger partial charge in [0.2, 0.25) is 5.91 Å². The average Bonchev–Trinajstić information content (AvgIpc) is 2.93. The van der Waals surface area contributed by atoms with E-state index in [1.54, 1.807) is 13.0 Å². The smallest absolute Gasteiger partial charge is 0.257 e. The summed E-state index contributed by atoms with van der Waals surface area (Å²) in [7, 11) is 0. The molecule has 0 saturated carbocycles. The van der Waals surface area contributed by atoms with Crippen LogP contribution in [0.3, 0.4) is 0 Å². The zero-order valence-corrected chi connectivity index (χ0v) is 14.0. The van der Waals surface area contributed by atoms with E-state index in [-0.39, 0.29) is 17.7 Å². The predicted octanol–water partition coefficient (Wildman–Crippen LogP) is 3.39. The van der Waals surface area contributed by atoms with Crippen molar-refractivity contribution >= 4 is 17.5 Å². The highest BCUT2D eigenvalue weighted by Crippen LogP contribution is 2.23. The Morgan fingerprint density at radius 3 is 2.38 bits per heavy atom. The molecular weight excluding hydrogens is 304 g/mol. The third-order valence-corrected chi connectivity index (χ3v) is 4.47. The minimum atomic E-state index is -0.0542. The van der Waals surface area contributed by atoms with Crippen molar-refractivity contribution in [2.75, 3.05) is 18.4 Å². The number of benzene rings is 1. The van der Waals surface area contributed by atoms with Crippen LogP contribution in [0.5, 0.6) is 0 Å². The summed E-state index contributed by atoms with van der Waals surface area (Å²) < 4.78 is 5.44. The highest BCUT2D eigenvalue weighted by atomic mass is 16.3. The fourth-order valence-electron chi connectivity index (χ4n) is 3.12. The molecule has 1 aliphatic rings. The molecule has 0 unspecified atom stereocenters. The van der Waals surface area contributed by atoms with Crippen LogP contribution in [-0.2, 0) is 4.79 Å². The molecule has 126 valence electrons. The molecule has 1 saturated heterocycles. The Kier molecular flexibility index (Phi) is 4.69. The number of carbonyl (C=O) groups excluding carboxylic acids is 2. The molecular formula is C19H22N2O3. The second-order valence-corrected chi connectivity index (χ2v) is 6.25. The number of carbonyl (C=O) groups is 2. The number of para-hydroxylation sites is 1. The number of anilines is 1. The number of nitrogens with zero attached hydrogens (tertiary/aromatic N) is 1. The van der Waals surface area contributed by atoms with E-state index >= 15 is 0 Å². The van der Waals surface area contributed by atoms with Gasteiger partial charge in [0, 0.05) is 24.7 Å². The summed E-state index contributed by atoms with van der Waals surface area (Å²) in [6.07, 6.45) is 1.36. The molecule has 0 spiro atoms. The highest BCUT2D eigenvalue weighted by Gasteiger charge is 2.29. The molecule has 2 heterocycles. The molecule has 2 amide bonds. The Morgan fingerprint density at radius 2 is 1.79 bits per heavy atom. The summed E-state index contributed by atoms with van der Waals surface area (Å²) in [4.78, 5) is 26.7. The van der Waals surface area contributed by atoms with Crippen molar-refractivity contribution in [3.8, 4) is 0 Å². The molecule has 2 aromatic rings. The first-order chi connectivity index (χ1) is 11.5. The molecule has 0 aliphatic carbocycles. The topological polar surface area (TPSA) is 62.6 Å². The molecule has 1 aliphatic heterocycles. The van der Waals surface area contributed by atoms with E-state index in [1.165, 1.54) is 0 Å². The Hall–Kier alpha value is -2.56. The third kappa shape index (κ3) is 3.50. The fraction of sp³-hybridized carbons (Fsp3) is 0.368. The highest BCUT2D eigenvalue weighted by molar-refractivity contribution is 5.96. The lowest BCUT2D eigenvalue weighted by atomic mass is 9.95. The summed E-state index contributed by atoms with van der Waals surface area (Å²) in [6, 6.07) is 11.2. The Morgan fingerprint density at radius 1 is 1.12 bits per heavy atom. The second-order valence-electron chi connectivity index (χ2n) is 6.25. The van der Waals surface area contributed by atoms with E-state index in [9.17, 15) is 9.59 Å². The first-order valence-electron chi connectivity index (χ1n) is 8.27. The lowest BCUT2D eigenvalue weighted by Gasteiger charge is -2.31. The predicted molar refractivity (Wildman–Crippen MR) is 91.9 cm³/mol. The van der Waals surface area contributed by atoms with Crippen molar-refractivity contribution in [3.63, 3.8) is 0 Å². The van der Waals surface area contributed by atoms with E-state index in [1.807, 2.05) is 42.2 Å². The van der Waals surface area contributed by atoms with Crippen molar-refractivity contribution in [2.24, 2.45) is 5.92 Å². The molecule has 0 atom stereocenters. The number of rotatable bonds is 3. The summed E-state index contributed by atoms with van der Waals surface area (Å²) in [5.74, 6) is 1.37. The minimum Gasteiger partial charge on any atom is -0.466 e. The van der Waals surface area contributed by atoms with Crippen LogP contribution in [0.15, 0.2) is 40.8 Å². The van der Waals surface area contributed by atoms with E-state index < -0.39 is 0 Å². The number of likely N-dealkylation sites (tertiary alicyclic amines) is 1. The largest absolute Gasteiger partial charge is 0.466 e. The molecule has 0 bridgehead atoms. The summed E-state index contributed by atoms with van der Waals surface area (Å²) in [5.41, 5.74) is 1.44. The van der Waals surface area contributed by atoms with E-state index in [2.05, 4.69) is 5.32 Å². The van der Waals surface area contributed by atoms with Crippen LogP contribution in [0.1, 0.15) is 34.7 Å². The SMILES string of the molecule is Cc1cc(C(=O)N2CCC(C(=O)Nc3ccccc3)CC2)c(C)o1. The van der Waals surface area contributed by atoms with Gasteiger partial charge in [-0.3, -0.25) is 9.59 Å². The van der Waals surface area contributed by atoms with Gasteiger partial charge in [0.05, 0.1) is 5.56 Å². The van der Waals surface area contributed by atoms with Crippen LogP contribution in [0.4, 0.5) is 5.69 Å². The van der Waals surface area contributed by atoms with Gasteiger partial charge in [0.25, 0.3) is 5.91 Å². The summed E-state index contributed by atoms with van der Waals surface area (Å²) >= 11 is 0. The van der Waals surface area contributed by atoms with Gasteiger partial charge in [-0.25, -0.2) is 0 Å². The first kappa shape index (κ1) is 16.3. The normalized spacial score (nSPS) is 15.3. The van der Waals surface area contributed by atoms with Gasteiger partial charge in [0.1, 0.15) is 11.5 Å². The number of hydrogen-bond acceptors (Lipinski definition) is 3. The number of amides is 2. The second kappa shape index (κ2) is 6.91. The molecule has 24 heavy (non-hydrogen) atoms. The fourth-order valence-corrected chi connectivity index (χ4v) is 3.12. The van der Waals surface area contributed by atoms with Gasteiger partial charge >= 0.3 is 0 Å².